The van der Waals surface area contributed by atoms with Gasteiger partial charge in [-0.25, -0.2) is 0 Å². The minimum absolute atomic E-state index is 0.134. The van der Waals surface area contributed by atoms with Gasteiger partial charge in [0.25, 0.3) is 0 Å². The van der Waals surface area contributed by atoms with Crippen molar-refractivity contribution < 1.29 is 24.1 Å². The molecule has 2 saturated heterocycles. The highest BCUT2D eigenvalue weighted by molar-refractivity contribution is 5.86. The molecule has 0 radical (unpaired) electrons. The standard InChI is InChI=1S/C13H20O5/c1-12(10-2-3-11(15)18-10)4-5-13(8-9(12)14)16-6-7-17-13/h10-11,15H,2-8H2,1H3/t10-,11?,12-/m0/s1. The Kier molecular flexibility index (Phi) is 2.97. The van der Waals surface area contributed by atoms with Crippen molar-refractivity contribution in [1.29, 1.82) is 0 Å². The van der Waals surface area contributed by atoms with Gasteiger partial charge in [0, 0.05) is 12.8 Å². The quantitative estimate of drug-likeness (QED) is 0.757. The van der Waals surface area contributed by atoms with Crippen LogP contribution in [-0.2, 0) is 19.0 Å². The third kappa shape index (κ3) is 1.90. The highest BCUT2D eigenvalue weighted by Crippen LogP contribution is 2.47. The molecule has 2 aliphatic heterocycles. The van der Waals surface area contributed by atoms with E-state index in [9.17, 15) is 9.90 Å². The minimum atomic E-state index is -0.713. The highest BCUT2D eigenvalue weighted by Gasteiger charge is 2.54. The summed E-state index contributed by atoms with van der Waals surface area (Å²) < 4.78 is 16.7. The van der Waals surface area contributed by atoms with Crippen molar-refractivity contribution in [1.82, 2.24) is 0 Å². The zero-order valence-electron chi connectivity index (χ0n) is 10.7. The molecule has 0 amide bonds. The first-order valence-corrected chi connectivity index (χ1v) is 6.69. The van der Waals surface area contributed by atoms with Crippen molar-refractivity contribution in [3.8, 4) is 0 Å². The maximum Gasteiger partial charge on any atom is 0.175 e. The summed E-state index contributed by atoms with van der Waals surface area (Å²) in [5.74, 6) is -0.539. The van der Waals surface area contributed by atoms with Gasteiger partial charge in [-0.3, -0.25) is 4.79 Å². The second-order valence-electron chi connectivity index (χ2n) is 5.78. The Balaban J connectivity index is 1.73. The number of ketones is 1. The Morgan fingerprint density at radius 1 is 1.22 bits per heavy atom. The average molecular weight is 256 g/mol. The van der Waals surface area contributed by atoms with Crippen molar-refractivity contribution >= 4 is 5.78 Å². The predicted molar refractivity (Wildman–Crippen MR) is 61.7 cm³/mol. The van der Waals surface area contributed by atoms with Crippen LogP contribution in [0.2, 0.25) is 0 Å². The summed E-state index contributed by atoms with van der Waals surface area (Å²) in [5, 5.41) is 9.45. The normalized spacial score (nSPS) is 43.8. The van der Waals surface area contributed by atoms with Crippen LogP contribution in [0.3, 0.4) is 0 Å². The molecule has 1 N–H and O–H groups in total. The SMILES string of the molecule is C[C@]1([C@@H]2CCC(O)O2)CCC2(CC1=O)OCCO2. The summed E-state index contributed by atoms with van der Waals surface area (Å²) in [6, 6.07) is 0. The summed E-state index contributed by atoms with van der Waals surface area (Å²) >= 11 is 0. The molecule has 5 heteroatoms. The van der Waals surface area contributed by atoms with Crippen molar-refractivity contribution in [2.24, 2.45) is 5.41 Å². The summed E-state index contributed by atoms with van der Waals surface area (Å²) in [4.78, 5) is 12.4. The summed E-state index contributed by atoms with van der Waals surface area (Å²) in [6.45, 7) is 3.09. The molecule has 0 aromatic rings. The van der Waals surface area contributed by atoms with Gasteiger partial charge in [-0.15, -0.1) is 0 Å². The van der Waals surface area contributed by atoms with E-state index in [1.807, 2.05) is 6.92 Å². The van der Waals surface area contributed by atoms with E-state index in [2.05, 4.69) is 0 Å². The van der Waals surface area contributed by atoms with Crippen LogP contribution in [0.25, 0.3) is 0 Å². The van der Waals surface area contributed by atoms with Gasteiger partial charge in [0.15, 0.2) is 12.1 Å². The molecule has 3 rings (SSSR count). The fraction of sp³-hybridized carbons (Fsp3) is 0.923. The van der Waals surface area contributed by atoms with Crippen molar-refractivity contribution in [3.05, 3.63) is 0 Å². The topological polar surface area (TPSA) is 65.0 Å². The lowest BCUT2D eigenvalue weighted by molar-refractivity contribution is -0.204. The first-order chi connectivity index (χ1) is 8.54. The molecule has 5 nitrogen and oxygen atoms in total. The zero-order valence-corrected chi connectivity index (χ0v) is 10.7. The van der Waals surface area contributed by atoms with Crippen LogP contribution in [-0.4, -0.2) is 42.3 Å². The van der Waals surface area contributed by atoms with Gasteiger partial charge in [-0.2, -0.15) is 0 Å². The smallest absolute Gasteiger partial charge is 0.175 e. The number of rotatable bonds is 1. The number of hydrogen-bond acceptors (Lipinski definition) is 5. The van der Waals surface area contributed by atoms with Gasteiger partial charge >= 0.3 is 0 Å². The van der Waals surface area contributed by atoms with E-state index >= 15 is 0 Å². The van der Waals surface area contributed by atoms with Gasteiger partial charge < -0.3 is 19.3 Å². The fourth-order valence-corrected chi connectivity index (χ4v) is 3.30. The van der Waals surface area contributed by atoms with Gasteiger partial charge in [0.05, 0.1) is 31.2 Å². The van der Waals surface area contributed by atoms with Crippen LogP contribution in [0.5, 0.6) is 0 Å². The number of aliphatic hydroxyl groups is 1. The molecule has 0 aromatic carbocycles. The molecular formula is C13H20O5. The van der Waals surface area contributed by atoms with E-state index in [0.717, 1.165) is 12.8 Å². The molecule has 1 unspecified atom stereocenters. The van der Waals surface area contributed by atoms with Crippen LogP contribution in [0.1, 0.15) is 39.0 Å². The molecular weight excluding hydrogens is 236 g/mol. The predicted octanol–water partition coefficient (Wildman–Crippen LogP) is 0.986. The van der Waals surface area contributed by atoms with Gasteiger partial charge in [0.1, 0.15) is 5.78 Å². The van der Waals surface area contributed by atoms with Crippen LogP contribution in [0.15, 0.2) is 0 Å². The molecule has 3 fully saturated rings. The van der Waals surface area contributed by atoms with E-state index in [-0.39, 0.29) is 11.9 Å². The highest BCUT2D eigenvalue weighted by atomic mass is 16.7. The Morgan fingerprint density at radius 2 is 1.94 bits per heavy atom. The van der Waals surface area contributed by atoms with Crippen LogP contribution in [0, 0.1) is 5.41 Å². The summed E-state index contributed by atoms with van der Waals surface area (Å²) in [6.07, 6.45) is 2.21. The Morgan fingerprint density at radius 3 is 2.50 bits per heavy atom. The molecule has 18 heavy (non-hydrogen) atoms. The number of hydrogen-bond donors (Lipinski definition) is 1. The van der Waals surface area contributed by atoms with Crippen LogP contribution in [0.4, 0.5) is 0 Å². The molecule has 3 aliphatic rings. The molecule has 2 heterocycles. The van der Waals surface area contributed by atoms with E-state index in [1.165, 1.54) is 0 Å². The van der Waals surface area contributed by atoms with Gasteiger partial charge in [-0.1, -0.05) is 6.92 Å². The fourth-order valence-electron chi connectivity index (χ4n) is 3.30. The monoisotopic (exact) mass is 256 g/mol. The van der Waals surface area contributed by atoms with Crippen molar-refractivity contribution in [2.75, 3.05) is 13.2 Å². The molecule has 102 valence electrons. The minimum Gasteiger partial charge on any atom is -0.368 e. The Labute approximate surface area is 106 Å². The van der Waals surface area contributed by atoms with Crippen molar-refractivity contribution in [3.63, 3.8) is 0 Å². The lowest BCUT2D eigenvalue weighted by atomic mass is 9.68. The molecule has 0 bridgehead atoms. The molecule has 1 saturated carbocycles. The third-order valence-electron chi connectivity index (χ3n) is 4.61. The average Bonchev–Trinajstić information content (AvgIpc) is 2.95. The van der Waals surface area contributed by atoms with E-state index < -0.39 is 17.5 Å². The maximum absolute atomic E-state index is 12.4. The maximum atomic E-state index is 12.4. The first-order valence-electron chi connectivity index (χ1n) is 6.69. The number of carbonyl (C=O) groups excluding carboxylic acids is 1. The zero-order chi connectivity index (χ0) is 12.8. The first kappa shape index (κ1) is 12.5. The lowest BCUT2D eigenvalue weighted by Crippen LogP contribution is -2.50. The van der Waals surface area contributed by atoms with Crippen LogP contribution < -0.4 is 0 Å². The third-order valence-corrected chi connectivity index (χ3v) is 4.61. The number of Topliss-reactive ketones (excluding diaryl/α,β-unsaturated/α-hetero) is 1. The number of aliphatic hydroxyl groups excluding tert-OH is 1. The van der Waals surface area contributed by atoms with Gasteiger partial charge in [0.2, 0.25) is 0 Å². The van der Waals surface area contributed by atoms with E-state index in [4.69, 9.17) is 14.2 Å². The second kappa shape index (κ2) is 4.27. The molecule has 1 spiro atoms. The van der Waals surface area contributed by atoms with Crippen molar-refractivity contribution in [2.45, 2.75) is 57.2 Å². The van der Waals surface area contributed by atoms with Crippen LogP contribution >= 0.6 is 0 Å². The Hall–Kier alpha value is -0.490. The molecule has 3 atom stereocenters. The summed E-state index contributed by atoms with van der Waals surface area (Å²) in [5.41, 5.74) is -0.502. The van der Waals surface area contributed by atoms with Gasteiger partial charge in [-0.05, 0) is 12.8 Å². The Bertz CT molecular complexity index is 349. The lowest BCUT2D eigenvalue weighted by Gasteiger charge is -2.42. The van der Waals surface area contributed by atoms with E-state index in [1.54, 1.807) is 0 Å². The van der Waals surface area contributed by atoms with E-state index in [0.29, 0.717) is 32.5 Å². The number of ether oxygens (including phenoxy) is 3. The molecule has 0 aromatic heterocycles. The largest absolute Gasteiger partial charge is 0.368 e. The second-order valence-corrected chi connectivity index (χ2v) is 5.78. The molecule has 1 aliphatic carbocycles. The summed E-state index contributed by atoms with van der Waals surface area (Å²) in [7, 11) is 0. The number of carbonyl (C=O) groups is 1.